The summed E-state index contributed by atoms with van der Waals surface area (Å²) in [6.07, 6.45) is 0. The van der Waals surface area contributed by atoms with Crippen LogP contribution in [-0.4, -0.2) is 13.4 Å². The molecule has 0 aliphatic rings. The summed E-state index contributed by atoms with van der Waals surface area (Å²) in [5.41, 5.74) is 1.67. The lowest BCUT2D eigenvalue weighted by atomic mass is 9.98. The quantitative estimate of drug-likeness (QED) is 0.305. The van der Waals surface area contributed by atoms with E-state index >= 15 is 0 Å². The molecular weight excluding hydrogens is 462 g/mol. The topological polar surface area (TPSA) is 59.1 Å². The van der Waals surface area contributed by atoms with Gasteiger partial charge in [0.15, 0.2) is 5.82 Å². The molecule has 5 aromatic rings. The second kappa shape index (κ2) is 8.38. The smallest absolute Gasteiger partial charge is 0.262 e. The highest BCUT2D eigenvalue weighted by Gasteiger charge is 2.23. The van der Waals surface area contributed by atoms with E-state index in [4.69, 9.17) is 0 Å². The van der Waals surface area contributed by atoms with Gasteiger partial charge in [0.05, 0.1) is 20.8 Å². The van der Waals surface area contributed by atoms with Crippen LogP contribution in [0.5, 0.6) is 0 Å². The predicted molar refractivity (Wildman–Crippen MR) is 128 cm³/mol. The van der Waals surface area contributed by atoms with Gasteiger partial charge in [-0.3, -0.25) is 4.72 Å². The van der Waals surface area contributed by atoms with Gasteiger partial charge in [-0.25, -0.2) is 22.2 Å². The minimum absolute atomic E-state index is 0.0286. The van der Waals surface area contributed by atoms with Crippen LogP contribution >= 0.6 is 11.3 Å². The lowest BCUT2D eigenvalue weighted by Gasteiger charge is -2.16. The summed E-state index contributed by atoms with van der Waals surface area (Å²) in [6, 6.07) is 24.0. The van der Waals surface area contributed by atoms with Crippen LogP contribution in [0.1, 0.15) is 0 Å². The van der Waals surface area contributed by atoms with E-state index < -0.39 is 21.7 Å². The number of sulfonamides is 1. The monoisotopic (exact) mass is 478 g/mol. The number of fused-ring (bicyclic) bond motifs is 1. The Labute approximate surface area is 193 Å². The average Bonchev–Trinajstić information content (AvgIpc) is 3.25. The molecule has 0 saturated carbocycles. The van der Waals surface area contributed by atoms with E-state index in [0.717, 1.165) is 16.3 Å². The van der Waals surface area contributed by atoms with Gasteiger partial charge in [-0.2, -0.15) is 0 Å². The van der Waals surface area contributed by atoms with Gasteiger partial charge >= 0.3 is 0 Å². The molecular formula is C25H16F2N2O2S2. The third-order valence-corrected chi connectivity index (χ3v) is 7.52. The van der Waals surface area contributed by atoms with Crippen molar-refractivity contribution in [3.05, 3.63) is 103 Å². The molecule has 0 bridgehead atoms. The summed E-state index contributed by atoms with van der Waals surface area (Å²) in [5.74, 6) is -1.83. The van der Waals surface area contributed by atoms with Crippen LogP contribution in [0.4, 0.5) is 14.5 Å². The lowest BCUT2D eigenvalue weighted by Crippen LogP contribution is -2.15. The minimum atomic E-state index is -4.10. The third kappa shape index (κ3) is 4.10. The van der Waals surface area contributed by atoms with Gasteiger partial charge < -0.3 is 0 Å². The Morgan fingerprint density at radius 2 is 1.42 bits per heavy atom. The lowest BCUT2D eigenvalue weighted by molar-refractivity contribution is 0.583. The van der Waals surface area contributed by atoms with Crippen molar-refractivity contribution in [2.45, 2.75) is 4.90 Å². The molecule has 8 heteroatoms. The number of halogens is 2. The summed E-state index contributed by atoms with van der Waals surface area (Å²) >= 11 is 1.45. The molecule has 164 valence electrons. The van der Waals surface area contributed by atoms with Crippen LogP contribution in [-0.2, 0) is 10.0 Å². The first-order chi connectivity index (χ1) is 15.9. The van der Waals surface area contributed by atoms with Gasteiger partial charge in [0.25, 0.3) is 10.0 Å². The van der Waals surface area contributed by atoms with Gasteiger partial charge in [0.1, 0.15) is 10.8 Å². The zero-order valence-corrected chi connectivity index (χ0v) is 18.6. The van der Waals surface area contributed by atoms with E-state index in [9.17, 15) is 17.2 Å². The number of aromatic nitrogens is 1. The Morgan fingerprint density at radius 3 is 2.18 bits per heavy atom. The normalized spacial score (nSPS) is 11.6. The predicted octanol–water partition coefficient (Wildman–Crippen LogP) is 6.71. The maximum atomic E-state index is 15.0. The van der Waals surface area contributed by atoms with E-state index in [1.54, 1.807) is 42.5 Å². The molecule has 0 aliphatic heterocycles. The van der Waals surface area contributed by atoms with Crippen molar-refractivity contribution in [1.29, 1.82) is 0 Å². The van der Waals surface area contributed by atoms with E-state index in [1.807, 2.05) is 24.3 Å². The fourth-order valence-corrected chi connectivity index (χ4v) is 5.69. The van der Waals surface area contributed by atoms with Crippen molar-refractivity contribution in [2.24, 2.45) is 0 Å². The molecule has 1 heterocycles. The van der Waals surface area contributed by atoms with Crippen molar-refractivity contribution in [2.75, 3.05) is 4.72 Å². The van der Waals surface area contributed by atoms with E-state index in [1.165, 1.54) is 23.5 Å². The van der Waals surface area contributed by atoms with E-state index in [2.05, 4.69) is 9.71 Å². The zero-order valence-electron chi connectivity index (χ0n) is 17.0. The summed E-state index contributed by atoms with van der Waals surface area (Å²) in [7, 11) is -4.10. The highest BCUT2D eigenvalue weighted by atomic mass is 32.2. The molecule has 0 aliphatic carbocycles. The van der Waals surface area contributed by atoms with Crippen LogP contribution in [0.15, 0.2) is 95.9 Å². The summed E-state index contributed by atoms with van der Waals surface area (Å²) in [6.45, 7) is 0. The van der Waals surface area contributed by atoms with E-state index in [-0.39, 0.29) is 16.1 Å². The molecule has 33 heavy (non-hydrogen) atoms. The van der Waals surface area contributed by atoms with Crippen LogP contribution in [0.3, 0.4) is 0 Å². The number of nitrogens with zero attached hydrogens (tertiary/aromatic N) is 1. The summed E-state index contributed by atoms with van der Waals surface area (Å²) in [4.78, 5) is 4.63. The Bertz CT molecular complexity index is 1550. The first-order valence-electron chi connectivity index (χ1n) is 9.95. The number of anilines is 1. The fraction of sp³-hybridized carbons (Fsp3) is 0. The summed E-state index contributed by atoms with van der Waals surface area (Å²) in [5, 5.41) is 0.660. The molecule has 0 fully saturated rings. The minimum Gasteiger partial charge on any atom is -0.276 e. The number of hydrogen-bond donors (Lipinski definition) is 1. The molecule has 0 saturated heterocycles. The van der Waals surface area contributed by atoms with Crippen molar-refractivity contribution < 1.29 is 17.2 Å². The molecule has 0 unspecified atom stereocenters. The molecule has 0 atom stereocenters. The van der Waals surface area contributed by atoms with Crippen molar-refractivity contribution in [1.82, 2.24) is 4.98 Å². The number of hydrogen-bond acceptors (Lipinski definition) is 4. The number of para-hydroxylation sites is 1. The fourth-order valence-electron chi connectivity index (χ4n) is 3.57. The Morgan fingerprint density at radius 1 is 0.758 bits per heavy atom. The molecule has 1 N–H and O–H groups in total. The van der Waals surface area contributed by atoms with Crippen molar-refractivity contribution in [3.63, 3.8) is 0 Å². The number of nitrogens with one attached hydrogen (secondary N) is 1. The molecule has 5 rings (SSSR count). The highest BCUT2D eigenvalue weighted by Crippen LogP contribution is 2.41. The van der Waals surface area contributed by atoms with Crippen molar-refractivity contribution >= 4 is 37.3 Å². The number of rotatable bonds is 5. The highest BCUT2D eigenvalue weighted by molar-refractivity contribution is 7.92. The van der Waals surface area contributed by atoms with Crippen LogP contribution in [0.25, 0.3) is 31.9 Å². The van der Waals surface area contributed by atoms with Gasteiger partial charge in [-0.1, -0.05) is 54.6 Å². The Hall–Kier alpha value is -3.62. The van der Waals surface area contributed by atoms with Gasteiger partial charge in [0.2, 0.25) is 0 Å². The van der Waals surface area contributed by atoms with Crippen LogP contribution < -0.4 is 4.72 Å². The Balaban J connectivity index is 1.68. The third-order valence-electron chi connectivity index (χ3n) is 5.09. The molecule has 0 spiro atoms. The first-order valence-corrected chi connectivity index (χ1v) is 12.2. The van der Waals surface area contributed by atoms with Crippen LogP contribution in [0, 0.1) is 11.6 Å². The second-order valence-corrected chi connectivity index (χ2v) is 9.97. The maximum absolute atomic E-state index is 15.0. The molecule has 0 amide bonds. The molecule has 0 radical (unpaired) electrons. The average molecular weight is 479 g/mol. The summed E-state index contributed by atoms with van der Waals surface area (Å²) < 4.78 is 58.4. The Kier molecular flexibility index (Phi) is 5.39. The standard InChI is InChI=1S/C25H16F2N2O2S2/c26-16-14-20(24(21(27)15-16)29-33(30,31)17-8-2-1-3-9-17)18-10-4-5-11-19(18)25-28-22-12-6-7-13-23(22)32-25/h1-15,29H. The molecule has 1 aromatic heterocycles. The number of benzene rings is 4. The van der Waals surface area contributed by atoms with E-state index in [0.29, 0.717) is 22.2 Å². The maximum Gasteiger partial charge on any atom is 0.262 e. The van der Waals surface area contributed by atoms with Gasteiger partial charge in [0, 0.05) is 17.2 Å². The zero-order chi connectivity index (χ0) is 23.0. The van der Waals surface area contributed by atoms with Gasteiger partial charge in [-0.15, -0.1) is 11.3 Å². The molecule has 4 aromatic carbocycles. The molecule has 4 nitrogen and oxygen atoms in total. The SMILES string of the molecule is O=S(=O)(Nc1c(F)cc(F)cc1-c1ccccc1-c1nc2ccccc2s1)c1ccccc1. The van der Waals surface area contributed by atoms with Crippen LogP contribution in [0.2, 0.25) is 0 Å². The second-order valence-electron chi connectivity index (χ2n) is 7.26. The number of thiazole rings is 1. The van der Waals surface area contributed by atoms with Gasteiger partial charge in [-0.05, 0) is 35.9 Å². The first kappa shape index (κ1) is 21.2. The van der Waals surface area contributed by atoms with Crippen molar-refractivity contribution in [3.8, 4) is 21.7 Å². The largest absolute Gasteiger partial charge is 0.276 e.